The van der Waals surface area contributed by atoms with E-state index in [4.69, 9.17) is 21.1 Å². The van der Waals surface area contributed by atoms with E-state index >= 15 is 0 Å². The van der Waals surface area contributed by atoms with Crippen LogP contribution in [0, 0.1) is 6.92 Å². The predicted octanol–water partition coefficient (Wildman–Crippen LogP) is 7.36. The molecule has 0 aliphatic heterocycles. The molecule has 0 radical (unpaired) electrons. The lowest BCUT2D eigenvalue weighted by atomic mass is 10.0. The number of halogens is 1. The van der Waals surface area contributed by atoms with Crippen molar-refractivity contribution in [2.45, 2.75) is 13.5 Å². The number of carbonyl (C=O) groups is 2. The van der Waals surface area contributed by atoms with Crippen molar-refractivity contribution in [2.75, 3.05) is 0 Å². The smallest absolute Gasteiger partial charge is 0.343 e. The van der Waals surface area contributed by atoms with E-state index in [0.29, 0.717) is 39.8 Å². The fraction of sp³-hybridized carbons (Fsp3) is 0.0606. The summed E-state index contributed by atoms with van der Waals surface area (Å²) in [5, 5.41) is 6.61. The van der Waals surface area contributed by atoms with E-state index in [2.05, 4.69) is 10.5 Å². The van der Waals surface area contributed by atoms with Crippen LogP contribution in [0.25, 0.3) is 10.8 Å². The highest BCUT2D eigenvalue weighted by atomic mass is 35.5. The first-order valence-corrected chi connectivity index (χ1v) is 13.0. The Hall–Kier alpha value is -4.94. The average molecular weight is 549 g/mol. The van der Waals surface area contributed by atoms with Crippen molar-refractivity contribution in [3.8, 4) is 11.5 Å². The van der Waals surface area contributed by atoms with Crippen LogP contribution in [0.4, 0.5) is 0 Å². The first-order chi connectivity index (χ1) is 19.5. The van der Waals surface area contributed by atoms with Gasteiger partial charge in [0.25, 0.3) is 5.91 Å². The van der Waals surface area contributed by atoms with Gasteiger partial charge in [0.1, 0.15) is 18.1 Å². The highest BCUT2D eigenvalue weighted by Crippen LogP contribution is 2.27. The monoisotopic (exact) mass is 548 g/mol. The topological polar surface area (TPSA) is 77.0 Å². The van der Waals surface area contributed by atoms with Gasteiger partial charge in [0.2, 0.25) is 0 Å². The lowest BCUT2D eigenvalue weighted by Gasteiger charge is -2.11. The molecule has 0 aliphatic rings. The molecule has 5 aromatic rings. The van der Waals surface area contributed by atoms with E-state index in [-0.39, 0.29) is 5.91 Å². The van der Waals surface area contributed by atoms with Gasteiger partial charge >= 0.3 is 5.97 Å². The Morgan fingerprint density at radius 2 is 1.52 bits per heavy atom. The molecular weight excluding hydrogens is 524 g/mol. The minimum atomic E-state index is -0.479. The Morgan fingerprint density at radius 1 is 0.825 bits per heavy atom. The summed E-state index contributed by atoms with van der Waals surface area (Å²) in [5.41, 5.74) is 6.01. The van der Waals surface area contributed by atoms with Crippen LogP contribution in [0.3, 0.4) is 0 Å². The van der Waals surface area contributed by atoms with Crippen LogP contribution in [0.2, 0.25) is 5.02 Å². The summed E-state index contributed by atoms with van der Waals surface area (Å²) in [5.74, 6) is 0.0986. The summed E-state index contributed by atoms with van der Waals surface area (Å²) >= 11 is 5.92. The molecule has 0 heterocycles. The van der Waals surface area contributed by atoms with Gasteiger partial charge in [-0.3, -0.25) is 4.79 Å². The Labute approximate surface area is 236 Å². The average Bonchev–Trinajstić information content (AvgIpc) is 2.98. The summed E-state index contributed by atoms with van der Waals surface area (Å²) in [7, 11) is 0. The molecule has 6 nitrogen and oxygen atoms in total. The van der Waals surface area contributed by atoms with Crippen LogP contribution in [0.1, 0.15) is 37.4 Å². The molecule has 5 aromatic carbocycles. The molecule has 0 saturated carbocycles. The van der Waals surface area contributed by atoms with E-state index < -0.39 is 5.97 Å². The van der Waals surface area contributed by atoms with Crippen molar-refractivity contribution in [1.82, 2.24) is 5.43 Å². The standard InChI is InChI=1S/C33H25ClN2O4/c1-22-6-10-26(11-7-22)33(38)40-31-19-14-24-4-2-3-5-29(24)30(31)20-35-36-32(37)25-12-17-28(18-13-25)39-21-23-8-15-27(34)16-9-23/h2-20H,21H2,1H3,(H,36,37)/b35-20-. The number of benzene rings is 5. The third-order valence-electron chi connectivity index (χ3n) is 6.22. The maximum Gasteiger partial charge on any atom is 0.343 e. The largest absolute Gasteiger partial charge is 0.489 e. The molecule has 40 heavy (non-hydrogen) atoms. The molecule has 0 saturated heterocycles. The van der Waals surface area contributed by atoms with E-state index in [1.54, 1.807) is 42.5 Å². The van der Waals surface area contributed by atoms with Crippen molar-refractivity contribution in [3.63, 3.8) is 0 Å². The molecule has 5 rings (SSSR count). The van der Waals surface area contributed by atoms with Crippen LogP contribution in [-0.4, -0.2) is 18.1 Å². The first kappa shape index (κ1) is 26.7. The highest BCUT2D eigenvalue weighted by molar-refractivity contribution is 6.30. The lowest BCUT2D eigenvalue weighted by Crippen LogP contribution is -2.17. The highest BCUT2D eigenvalue weighted by Gasteiger charge is 2.14. The van der Waals surface area contributed by atoms with Crippen LogP contribution < -0.4 is 14.9 Å². The number of hydrogen-bond acceptors (Lipinski definition) is 5. The molecule has 0 unspecified atom stereocenters. The van der Waals surface area contributed by atoms with Gasteiger partial charge in [-0.2, -0.15) is 5.10 Å². The second kappa shape index (κ2) is 12.3. The number of hydrazone groups is 1. The number of nitrogens with zero attached hydrogens (tertiary/aromatic N) is 1. The van der Waals surface area contributed by atoms with Crippen LogP contribution in [0.15, 0.2) is 114 Å². The Bertz CT molecular complexity index is 1680. The Balaban J connectivity index is 1.28. The molecule has 0 aliphatic carbocycles. The number of ether oxygens (including phenoxy) is 2. The van der Waals surface area contributed by atoms with Gasteiger partial charge in [0.05, 0.1) is 11.8 Å². The molecular formula is C33H25ClN2O4. The van der Waals surface area contributed by atoms with Gasteiger partial charge < -0.3 is 9.47 Å². The van der Waals surface area contributed by atoms with Crippen LogP contribution >= 0.6 is 11.6 Å². The van der Waals surface area contributed by atoms with Gasteiger partial charge in [-0.25, -0.2) is 10.2 Å². The number of rotatable bonds is 8. The molecule has 1 amide bonds. The van der Waals surface area contributed by atoms with Crippen LogP contribution in [0.5, 0.6) is 11.5 Å². The minimum absolute atomic E-state index is 0.337. The number of aryl methyl sites for hydroxylation is 1. The molecule has 0 aromatic heterocycles. The van der Waals surface area contributed by atoms with Gasteiger partial charge in [0.15, 0.2) is 0 Å². The third kappa shape index (κ3) is 6.54. The van der Waals surface area contributed by atoms with E-state index in [1.165, 1.54) is 6.21 Å². The van der Waals surface area contributed by atoms with Crippen molar-refractivity contribution in [1.29, 1.82) is 0 Å². The van der Waals surface area contributed by atoms with E-state index in [1.807, 2.05) is 73.7 Å². The predicted molar refractivity (Wildman–Crippen MR) is 157 cm³/mol. The molecule has 0 spiro atoms. The zero-order valence-electron chi connectivity index (χ0n) is 21.6. The number of nitrogens with one attached hydrogen (secondary N) is 1. The van der Waals surface area contributed by atoms with E-state index in [0.717, 1.165) is 21.9 Å². The summed E-state index contributed by atoms with van der Waals surface area (Å²) in [6.07, 6.45) is 1.49. The second-order valence-electron chi connectivity index (χ2n) is 9.09. The van der Waals surface area contributed by atoms with Gasteiger partial charge in [-0.15, -0.1) is 0 Å². The number of esters is 1. The summed E-state index contributed by atoms with van der Waals surface area (Å²) < 4.78 is 11.5. The lowest BCUT2D eigenvalue weighted by molar-refractivity contribution is 0.0734. The molecule has 198 valence electrons. The SMILES string of the molecule is Cc1ccc(C(=O)Oc2ccc3ccccc3c2/C=N\NC(=O)c2ccc(OCc3ccc(Cl)cc3)cc2)cc1. The molecule has 0 bridgehead atoms. The molecule has 1 N–H and O–H groups in total. The maximum absolute atomic E-state index is 12.8. The quantitative estimate of drug-likeness (QED) is 0.0950. The summed E-state index contributed by atoms with van der Waals surface area (Å²) in [6, 6.07) is 32.6. The van der Waals surface area contributed by atoms with Gasteiger partial charge in [0, 0.05) is 16.1 Å². The number of hydrogen-bond donors (Lipinski definition) is 1. The fourth-order valence-corrected chi connectivity index (χ4v) is 4.14. The van der Waals surface area contributed by atoms with Crippen LogP contribution in [-0.2, 0) is 6.61 Å². The fourth-order valence-electron chi connectivity index (χ4n) is 4.02. The van der Waals surface area contributed by atoms with Crippen molar-refractivity contribution >= 4 is 40.5 Å². The summed E-state index contributed by atoms with van der Waals surface area (Å²) in [6.45, 7) is 2.33. The van der Waals surface area contributed by atoms with Crippen molar-refractivity contribution in [3.05, 3.63) is 142 Å². The number of amides is 1. The number of carbonyl (C=O) groups excluding carboxylic acids is 2. The maximum atomic E-state index is 12.8. The second-order valence-corrected chi connectivity index (χ2v) is 9.53. The normalized spacial score (nSPS) is 10.9. The third-order valence-corrected chi connectivity index (χ3v) is 6.47. The molecule has 7 heteroatoms. The molecule has 0 fully saturated rings. The summed E-state index contributed by atoms with van der Waals surface area (Å²) in [4.78, 5) is 25.5. The van der Waals surface area contributed by atoms with Gasteiger partial charge in [-0.1, -0.05) is 71.8 Å². The van der Waals surface area contributed by atoms with E-state index in [9.17, 15) is 9.59 Å². The number of fused-ring (bicyclic) bond motifs is 1. The zero-order valence-corrected chi connectivity index (χ0v) is 22.4. The first-order valence-electron chi connectivity index (χ1n) is 12.6. The Kier molecular flexibility index (Phi) is 8.18. The molecule has 0 atom stereocenters. The minimum Gasteiger partial charge on any atom is -0.489 e. The van der Waals surface area contributed by atoms with Crippen molar-refractivity contribution < 1.29 is 19.1 Å². The van der Waals surface area contributed by atoms with Gasteiger partial charge in [-0.05, 0) is 77.9 Å². The Morgan fingerprint density at radius 3 is 2.27 bits per heavy atom. The van der Waals surface area contributed by atoms with Crippen molar-refractivity contribution in [2.24, 2.45) is 5.10 Å². The zero-order chi connectivity index (χ0) is 27.9.